The van der Waals surface area contributed by atoms with E-state index in [9.17, 15) is 0 Å². The van der Waals surface area contributed by atoms with Crippen LogP contribution in [0.15, 0.2) is 12.2 Å². The van der Waals surface area contributed by atoms with E-state index in [1.54, 1.807) is 21.3 Å². The molecule has 0 aromatic heterocycles. The van der Waals surface area contributed by atoms with Crippen molar-refractivity contribution in [1.82, 2.24) is 4.90 Å². The Hall–Kier alpha value is -0.203. The van der Waals surface area contributed by atoms with Gasteiger partial charge in [0.05, 0.1) is 5.67 Å². The Kier molecular flexibility index (Phi) is 4.27. The Labute approximate surface area is 86.8 Å². The summed E-state index contributed by atoms with van der Waals surface area (Å²) < 4.78 is 16.3. The summed E-state index contributed by atoms with van der Waals surface area (Å²) in [6.45, 7) is 3.99. The standard InChI is InChI=1S/C9H19NO3Si/c1-9(10-7-5-6-8-10)14(11-2,12-3)13-4/h5-6,9H,7-8H2,1-4H3. The van der Waals surface area contributed by atoms with Crippen molar-refractivity contribution in [3.05, 3.63) is 12.2 Å². The third kappa shape index (κ3) is 2.07. The maximum absolute atomic E-state index is 5.44. The predicted molar refractivity (Wildman–Crippen MR) is 57.0 cm³/mol. The maximum Gasteiger partial charge on any atom is 0.517 e. The van der Waals surface area contributed by atoms with Crippen LogP contribution in [0.25, 0.3) is 0 Å². The van der Waals surface area contributed by atoms with Crippen molar-refractivity contribution < 1.29 is 13.3 Å². The van der Waals surface area contributed by atoms with Gasteiger partial charge < -0.3 is 13.3 Å². The molecule has 0 N–H and O–H groups in total. The topological polar surface area (TPSA) is 30.9 Å². The van der Waals surface area contributed by atoms with Crippen molar-refractivity contribution in [2.75, 3.05) is 34.4 Å². The Balaban J connectivity index is 2.66. The van der Waals surface area contributed by atoms with Gasteiger partial charge in [0, 0.05) is 34.4 Å². The molecule has 1 heterocycles. The molecule has 0 saturated carbocycles. The van der Waals surface area contributed by atoms with Gasteiger partial charge in [0.25, 0.3) is 0 Å². The van der Waals surface area contributed by atoms with Crippen LogP contribution in [0.4, 0.5) is 0 Å². The molecule has 1 unspecified atom stereocenters. The fraction of sp³-hybridized carbons (Fsp3) is 0.778. The molecule has 5 heteroatoms. The highest BCUT2D eigenvalue weighted by atomic mass is 28.4. The van der Waals surface area contributed by atoms with Crippen molar-refractivity contribution in [3.8, 4) is 0 Å². The minimum atomic E-state index is -2.50. The summed E-state index contributed by atoms with van der Waals surface area (Å²) in [4.78, 5) is 2.28. The summed E-state index contributed by atoms with van der Waals surface area (Å²) in [6.07, 6.45) is 4.30. The largest absolute Gasteiger partial charge is 0.517 e. The summed E-state index contributed by atoms with van der Waals surface area (Å²) in [7, 11) is 2.46. The van der Waals surface area contributed by atoms with E-state index in [1.165, 1.54) is 0 Å². The van der Waals surface area contributed by atoms with Gasteiger partial charge in [-0.3, -0.25) is 4.90 Å². The highest BCUT2D eigenvalue weighted by Gasteiger charge is 2.47. The SMILES string of the molecule is CO[Si](OC)(OC)C(C)N1CC=CC1. The zero-order chi connectivity index (χ0) is 10.6. The first-order valence-corrected chi connectivity index (χ1v) is 6.55. The molecule has 4 nitrogen and oxygen atoms in total. The van der Waals surface area contributed by atoms with E-state index in [-0.39, 0.29) is 5.67 Å². The van der Waals surface area contributed by atoms with Crippen molar-refractivity contribution in [2.24, 2.45) is 0 Å². The Morgan fingerprint density at radius 3 is 1.86 bits per heavy atom. The van der Waals surface area contributed by atoms with Gasteiger partial charge in [-0.1, -0.05) is 12.2 Å². The molecule has 0 aliphatic carbocycles. The number of hydrogen-bond donors (Lipinski definition) is 0. The van der Waals surface area contributed by atoms with Crippen LogP contribution < -0.4 is 0 Å². The molecule has 1 rings (SSSR count). The van der Waals surface area contributed by atoms with Gasteiger partial charge in [0.1, 0.15) is 0 Å². The third-order valence-corrected chi connectivity index (χ3v) is 5.86. The van der Waals surface area contributed by atoms with E-state index in [4.69, 9.17) is 13.3 Å². The van der Waals surface area contributed by atoms with E-state index >= 15 is 0 Å². The maximum atomic E-state index is 5.44. The van der Waals surface area contributed by atoms with E-state index in [0.29, 0.717) is 0 Å². The molecular formula is C9H19NO3Si. The minimum absolute atomic E-state index is 0.192. The van der Waals surface area contributed by atoms with E-state index in [1.807, 2.05) is 0 Å². The fourth-order valence-electron chi connectivity index (χ4n) is 1.80. The van der Waals surface area contributed by atoms with E-state index < -0.39 is 8.80 Å². The first-order valence-electron chi connectivity index (χ1n) is 4.74. The van der Waals surface area contributed by atoms with Gasteiger partial charge in [0.15, 0.2) is 0 Å². The van der Waals surface area contributed by atoms with Gasteiger partial charge in [-0.05, 0) is 6.92 Å². The van der Waals surface area contributed by atoms with Crippen molar-refractivity contribution in [2.45, 2.75) is 12.6 Å². The number of nitrogens with zero attached hydrogens (tertiary/aromatic N) is 1. The van der Waals surface area contributed by atoms with Crippen LogP contribution in [0.1, 0.15) is 6.92 Å². The molecule has 1 aliphatic heterocycles. The molecule has 1 atom stereocenters. The summed E-state index contributed by atoms with van der Waals surface area (Å²) in [5, 5.41) is 0. The normalized spacial score (nSPS) is 20.3. The second kappa shape index (κ2) is 5.04. The van der Waals surface area contributed by atoms with Gasteiger partial charge in [-0.2, -0.15) is 0 Å². The zero-order valence-electron chi connectivity index (χ0n) is 9.32. The lowest BCUT2D eigenvalue weighted by molar-refractivity contribution is 0.0867. The van der Waals surface area contributed by atoms with Crippen molar-refractivity contribution in [3.63, 3.8) is 0 Å². The van der Waals surface area contributed by atoms with Gasteiger partial charge in [0.2, 0.25) is 0 Å². The Bertz CT molecular complexity index is 190. The first-order chi connectivity index (χ1) is 6.70. The molecule has 0 aromatic carbocycles. The molecule has 0 aromatic rings. The van der Waals surface area contributed by atoms with Gasteiger partial charge >= 0.3 is 8.80 Å². The summed E-state index contributed by atoms with van der Waals surface area (Å²) in [6, 6.07) is 0. The van der Waals surface area contributed by atoms with Crippen LogP contribution in [0, 0.1) is 0 Å². The first kappa shape index (κ1) is 11.9. The van der Waals surface area contributed by atoms with Crippen LogP contribution in [-0.4, -0.2) is 53.8 Å². The van der Waals surface area contributed by atoms with E-state index in [0.717, 1.165) is 13.1 Å². The van der Waals surface area contributed by atoms with E-state index in [2.05, 4.69) is 24.0 Å². The average molecular weight is 217 g/mol. The monoisotopic (exact) mass is 217 g/mol. The molecule has 0 fully saturated rings. The van der Waals surface area contributed by atoms with Crippen LogP contribution in [0.3, 0.4) is 0 Å². The van der Waals surface area contributed by atoms with Crippen LogP contribution >= 0.6 is 0 Å². The number of hydrogen-bond acceptors (Lipinski definition) is 4. The van der Waals surface area contributed by atoms with Crippen molar-refractivity contribution in [1.29, 1.82) is 0 Å². The molecule has 0 saturated heterocycles. The molecule has 82 valence electrons. The molecule has 0 spiro atoms. The fourth-order valence-corrected chi connectivity index (χ4v) is 3.98. The van der Waals surface area contributed by atoms with Crippen LogP contribution in [0.2, 0.25) is 0 Å². The molecule has 0 bridgehead atoms. The lowest BCUT2D eigenvalue weighted by Gasteiger charge is -2.35. The highest BCUT2D eigenvalue weighted by Crippen LogP contribution is 2.18. The Morgan fingerprint density at radius 1 is 1.07 bits per heavy atom. The second-order valence-corrected chi connectivity index (χ2v) is 6.58. The summed E-state index contributed by atoms with van der Waals surface area (Å²) in [5.41, 5.74) is 0.192. The van der Waals surface area contributed by atoms with Crippen LogP contribution in [-0.2, 0) is 13.3 Å². The summed E-state index contributed by atoms with van der Waals surface area (Å²) in [5.74, 6) is 0. The summed E-state index contributed by atoms with van der Waals surface area (Å²) >= 11 is 0. The molecule has 1 aliphatic rings. The van der Waals surface area contributed by atoms with Crippen molar-refractivity contribution >= 4 is 8.80 Å². The van der Waals surface area contributed by atoms with Crippen LogP contribution in [0.5, 0.6) is 0 Å². The molecular weight excluding hydrogens is 198 g/mol. The highest BCUT2D eigenvalue weighted by molar-refractivity contribution is 6.62. The molecule has 14 heavy (non-hydrogen) atoms. The van der Waals surface area contributed by atoms with Gasteiger partial charge in [-0.15, -0.1) is 0 Å². The smallest absolute Gasteiger partial charge is 0.376 e. The second-order valence-electron chi connectivity index (χ2n) is 3.32. The Morgan fingerprint density at radius 2 is 1.50 bits per heavy atom. The minimum Gasteiger partial charge on any atom is -0.376 e. The number of rotatable bonds is 5. The zero-order valence-corrected chi connectivity index (χ0v) is 10.3. The quantitative estimate of drug-likeness (QED) is 0.500. The molecule has 0 radical (unpaired) electrons. The average Bonchev–Trinajstić information content (AvgIpc) is 2.74. The molecule has 0 amide bonds. The third-order valence-electron chi connectivity index (χ3n) is 2.76. The predicted octanol–water partition coefficient (Wildman–Crippen LogP) is 0.664. The lowest BCUT2D eigenvalue weighted by Crippen LogP contribution is -2.59. The van der Waals surface area contributed by atoms with Gasteiger partial charge in [-0.25, -0.2) is 0 Å². The lowest BCUT2D eigenvalue weighted by atomic mass is 10.6.